The first-order valence-electron chi connectivity index (χ1n) is 6.25. The molecule has 3 heterocycles. The summed E-state index contributed by atoms with van der Waals surface area (Å²) >= 11 is 0. The van der Waals surface area contributed by atoms with Gasteiger partial charge in [-0.3, -0.25) is 0 Å². The number of pyridine rings is 1. The number of likely N-dealkylation sites (tertiary alicyclic amines) is 1. The Morgan fingerprint density at radius 2 is 2.47 bits per heavy atom. The van der Waals surface area contributed by atoms with Crippen molar-refractivity contribution in [1.29, 1.82) is 0 Å². The molecule has 1 saturated heterocycles. The lowest BCUT2D eigenvalue weighted by Gasteiger charge is -2.22. The minimum absolute atomic E-state index is 0.0363. The number of hydrogen-bond donors (Lipinski definition) is 1. The summed E-state index contributed by atoms with van der Waals surface area (Å²) in [6.45, 7) is 2.30. The van der Waals surface area contributed by atoms with Crippen molar-refractivity contribution in [3.8, 4) is 11.6 Å². The molecule has 102 valence electrons. The van der Waals surface area contributed by atoms with Gasteiger partial charge in [0.1, 0.15) is 11.4 Å². The third-order valence-electron chi connectivity index (χ3n) is 3.90. The van der Waals surface area contributed by atoms with E-state index in [9.17, 15) is 9.90 Å². The van der Waals surface area contributed by atoms with Crippen LogP contribution >= 0.6 is 0 Å². The maximum atomic E-state index is 11.2. The van der Waals surface area contributed by atoms with Gasteiger partial charge < -0.3 is 19.5 Å². The van der Waals surface area contributed by atoms with Crippen LogP contribution in [-0.4, -0.2) is 46.4 Å². The summed E-state index contributed by atoms with van der Waals surface area (Å²) in [6.07, 6.45) is 2.09. The van der Waals surface area contributed by atoms with Crippen LogP contribution < -0.4 is 9.47 Å². The van der Waals surface area contributed by atoms with E-state index < -0.39 is 11.7 Å². The van der Waals surface area contributed by atoms with Gasteiger partial charge >= 0.3 is 6.09 Å². The lowest BCUT2D eigenvalue weighted by molar-refractivity contribution is 0.0962. The van der Waals surface area contributed by atoms with E-state index in [0.29, 0.717) is 25.3 Å². The van der Waals surface area contributed by atoms with Gasteiger partial charge in [-0.05, 0) is 13.0 Å². The van der Waals surface area contributed by atoms with Crippen molar-refractivity contribution in [2.45, 2.75) is 31.4 Å². The highest BCUT2D eigenvalue weighted by molar-refractivity contribution is 5.66. The first-order chi connectivity index (χ1) is 9.04. The summed E-state index contributed by atoms with van der Waals surface area (Å²) in [6, 6.07) is 1.77. The molecule has 0 saturated carbocycles. The van der Waals surface area contributed by atoms with E-state index in [1.165, 1.54) is 4.90 Å². The van der Waals surface area contributed by atoms with Crippen molar-refractivity contribution in [3.63, 3.8) is 0 Å². The molecule has 0 aromatic carbocycles. The van der Waals surface area contributed by atoms with Crippen LogP contribution in [0.2, 0.25) is 0 Å². The minimum Gasteiger partial charge on any atom is -0.484 e. The maximum absolute atomic E-state index is 11.2. The fourth-order valence-corrected chi connectivity index (χ4v) is 3.12. The third kappa shape index (κ3) is 1.78. The number of fused-ring (bicyclic) bond motifs is 1. The van der Waals surface area contributed by atoms with Crippen LogP contribution in [0.25, 0.3) is 0 Å². The highest BCUT2D eigenvalue weighted by atomic mass is 16.5. The molecule has 19 heavy (non-hydrogen) atoms. The number of hydrogen-bond acceptors (Lipinski definition) is 4. The molecule has 2 atom stereocenters. The van der Waals surface area contributed by atoms with Crippen LogP contribution in [0.5, 0.6) is 11.6 Å². The smallest absolute Gasteiger partial charge is 0.407 e. The van der Waals surface area contributed by atoms with Gasteiger partial charge in [0.2, 0.25) is 5.88 Å². The zero-order chi connectivity index (χ0) is 13.6. The van der Waals surface area contributed by atoms with E-state index in [1.54, 1.807) is 19.4 Å². The largest absolute Gasteiger partial charge is 0.484 e. The summed E-state index contributed by atoms with van der Waals surface area (Å²) in [4.78, 5) is 16.8. The molecule has 1 amide bonds. The predicted molar refractivity (Wildman–Crippen MR) is 66.7 cm³/mol. The molecule has 1 N–H and O–H groups in total. The van der Waals surface area contributed by atoms with Crippen LogP contribution in [0.3, 0.4) is 0 Å². The maximum Gasteiger partial charge on any atom is 0.407 e. The van der Waals surface area contributed by atoms with Crippen molar-refractivity contribution in [3.05, 3.63) is 17.8 Å². The number of amides is 1. The van der Waals surface area contributed by atoms with E-state index in [4.69, 9.17) is 9.47 Å². The number of ether oxygens (including phenoxy) is 2. The van der Waals surface area contributed by atoms with Crippen molar-refractivity contribution >= 4 is 6.09 Å². The standard InChI is InChI=1S/C13H16N2O4/c1-8-5-13(7-15(8)12(16)17)6-9-10(19-13)3-4-14-11(9)18-2/h3-4,8H,5-7H2,1-2H3,(H,16,17)/t8-,13-/m0/s1. The SMILES string of the molecule is COc1nccc2c1C[C@]1(C[C@H](C)N(C(=O)O)C1)O2. The van der Waals surface area contributed by atoms with Crippen molar-refractivity contribution in [2.75, 3.05) is 13.7 Å². The second-order valence-corrected chi connectivity index (χ2v) is 5.22. The Balaban J connectivity index is 1.90. The number of nitrogens with zero attached hydrogens (tertiary/aromatic N) is 2. The molecule has 1 spiro atoms. The molecular formula is C13H16N2O4. The number of methoxy groups -OCH3 is 1. The first-order valence-corrected chi connectivity index (χ1v) is 6.25. The van der Waals surface area contributed by atoms with Gasteiger partial charge in [-0.1, -0.05) is 0 Å². The van der Waals surface area contributed by atoms with Gasteiger partial charge in [0.15, 0.2) is 0 Å². The Kier molecular flexibility index (Phi) is 2.55. The molecule has 0 aliphatic carbocycles. The lowest BCUT2D eigenvalue weighted by atomic mass is 9.95. The second-order valence-electron chi connectivity index (χ2n) is 5.22. The van der Waals surface area contributed by atoms with Gasteiger partial charge in [-0.15, -0.1) is 0 Å². The predicted octanol–water partition coefficient (Wildman–Crippen LogP) is 1.54. The molecule has 6 heteroatoms. The highest BCUT2D eigenvalue weighted by Crippen LogP contribution is 2.44. The van der Waals surface area contributed by atoms with Gasteiger partial charge in [0, 0.05) is 25.1 Å². The summed E-state index contributed by atoms with van der Waals surface area (Å²) in [5.41, 5.74) is 0.473. The normalized spacial score (nSPS) is 28.3. The zero-order valence-electron chi connectivity index (χ0n) is 10.9. The molecule has 0 bridgehead atoms. The van der Waals surface area contributed by atoms with Crippen molar-refractivity contribution in [2.24, 2.45) is 0 Å². The van der Waals surface area contributed by atoms with Gasteiger partial charge in [-0.25, -0.2) is 9.78 Å². The number of carboxylic acid groups (broad SMARTS) is 1. The number of rotatable bonds is 1. The molecule has 0 unspecified atom stereocenters. The monoisotopic (exact) mass is 264 g/mol. The van der Waals surface area contributed by atoms with E-state index in [-0.39, 0.29) is 6.04 Å². The molecule has 1 fully saturated rings. The highest BCUT2D eigenvalue weighted by Gasteiger charge is 2.50. The Labute approximate surface area is 111 Å². The van der Waals surface area contributed by atoms with E-state index >= 15 is 0 Å². The molecule has 3 rings (SSSR count). The topological polar surface area (TPSA) is 71.9 Å². The van der Waals surface area contributed by atoms with E-state index in [2.05, 4.69) is 4.98 Å². The minimum atomic E-state index is -0.894. The Bertz CT molecular complexity index is 533. The second kappa shape index (κ2) is 4.01. The third-order valence-corrected chi connectivity index (χ3v) is 3.90. The fraction of sp³-hybridized carbons (Fsp3) is 0.538. The summed E-state index contributed by atoms with van der Waals surface area (Å²) < 4.78 is 11.3. The average Bonchev–Trinajstić information content (AvgIpc) is 2.88. The Morgan fingerprint density at radius 1 is 1.68 bits per heavy atom. The van der Waals surface area contributed by atoms with E-state index in [1.807, 2.05) is 6.92 Å². The summed E-state index contributed by atoms with van der Waals surface area (Å²) in [5.74, 6) is 1.32. The number of aromatic nitrogens is 1. The zero-order valence-corrected chi connectivity index (χ0v) is 10.9. The Hall–Kier alpha value is -1.98. The van der Waals surface area contributed by atoms with Crippen molar-refractivity contribution in [1.82, 2.24) is 9.88 Å². The summed E-state index contributed by atoms with van der Waals surface area (Å²) in [5, 5.41) is 9.18. The van der Waals surface area contributed by atoms with Crippen LogP contribution in [-0.2, 0) is 6.42 Å². The van der Waals surface area contributed by atoms with Crippen LogP contribution in [0.4, 0.5) is 4.79 Å². The molecule has 6 nitrogen and oxygen atoms in total. The average molecular weight is 264 g/mol. The molecule has 0 radical (unpaired) electrons. The fourth-order valence-electron chi connectivity index (χ4n) is 3.12. The van der Waals surface area contributed by atoms with Gasteiger partial charge in [0.25, 0.3) is 0 Å². The van der Waals surface area contributed by atoms with Crippen LogP contribution in [0, 0.1) is 0 Å². The van der Waals surface area contributed by atoms with E-state index in [0.717, 1.165) is 11.3 Å². The quantitative estimate of drug-likeness (QED) is 0.833. The summed E-state index contributed by atoms with van der Waals surface area (Å²) in [7, 11) is 1.58. The molecule has 2 aliphatic heterocycles. The molecule has 1 aromatic heterocycles. The van der Waals surface area contributed by atoms with Crippen molar-refractivity contribution < 1.29 is 19.4 Å². The molecule has 1 aromatic rings. The molecule has 2 aliphatic rings. The number of carbonyl (C=O) groups is 1. The Morgan fingerprint density at radius 3 is 3.11 bits per heavy atom. The van der Waals surface area contributed by atoms with Gasteiger partial charge in [0.05, 0.1) is 19.2 Å². The lowest BCUT2D eigenvalue weighted by Crippen LogP contribution is -2.39. The van der Waals surface area contributed by atoms with Crippen LogP contribution in [0.15, 0.2) is 12.3 Å². The van der Waals surface area contributed by atoms with Gasteiger partial charge in [-0.2, -0.15) is 0 Å². The molecular weight excluding hydrogens is 248 g/mol. The van der Waals surface area contributed by atoms with Crippen LogP contribution in [0.1, 0.15) is 18.9 Å². The first kappa shape index (κ1) is 12.1.